The van der Waals surface area contributed by atoms with Gasteiger partial charge < -0.3 is 0 Å². The lowest BCUT2D eigenvalue weighted by Crippen LogP contribution is -2.10. The van der Waals surface area contributed by atoms with Crippen molar-refractivity contribution >= 4 is 10.8 Å². The van der Waals surface area contributed by atoms with E-state index in [0.717, 1.165) is 5.56 Å². The molecule has 0 radical (unpaired) electrons. The second-order valence-corrected chi connectivity index (χ2v) is 4.49. The molecule has 0 bridgehead atoms. The number of hydrogen-bond donors (Lipinski definition) is 0. The molecule has 0 heterocycles. The van der Waals surface area contributed by atoms with Crippen LogP contribution < -0.4 is 0 Å². The predicted molar refractivity (Wildman–Crippen MR) is 54.3 cm³/mol. The van der Waals surface area contributed by atoms with Gasteiger partial charge in [0.25, 0.3) is 0 Å². The molecule has 0 fully saturated rings. The van der Waals surface area contributed by atoms with Crippen molar-refractivity contribution in [3.05, 3.63) is 39.9 Å². The molecule has 14 heavy (non-hydrogen) atoms. The van der Waals surface area contributed by atoms with Gasteiger partial charge in [-0.25, -0.2) is 0 Å². The quantitative estimate of drug-likeness (QED) is 0.560. The average Bonchev–Trinajstić information content (AvgIpc) is 2.15. The summed E-state index contributed by atoms with van der Waals surface area (Å²) in [5, 5.41) is 10.1. The maximum atomic E-state index is 11.5. The Labute approximate surface area is 84.6 Å². The number of benzene rings is 1. The third-order valence-corrected chi connectivity index (χ3v) is 3.09. The largest absolute Gasteiger partial charge is 0.265 e. The summed E-state index contributed by atoms with van der Waals surface area (Å²) in [6, 6.07) is 7.18. The Morgan fingerprint density at radius 1 is 1.36 bits per heavy atom. The molecule has 0 saturated heterocycles. The van der Waals surface area contributed by atoms with Crippen molar-refractivity contribution in [2.45, 2.75) is 11.8 Å². The van der Waals surface area contributed by atoms with E-state index in [9.17, 15) is 14.3 Å². The minimum Gasteiger partial charge on any atom is -0.265 e. The van der Waals surface area contributed by atoms with Crippen LogP contribution in [0.5, 0.6) is 0 Å². The van der Waals surface area contributed by atoms with Gasteiger partial charge in [-0.3, -0.25) is 14.3 Å². The lowest BCUT2D eigenvalue weighted by molar-refractivity contribution is -0.474. The van der Waals surface area contributed by atoms with Crippen molar-refractivity contribution in [1.29, 1.82) is 0 Å². The molecular formula is C9H11NO3S. The predicted octanol–water partition coefficient (Wildman–Crippen LogP) is 1.38. The SMILES string of the molecule is Cc1ccc(S(=O)CC[N+](=O)[O-])cc1. The Hall–Kier alpha value is -1.23. The summed E-state index contributed by atoms with van der Waals surface area (Å²) in [7, 11) is -1.25. The third kappa shape index (κ3) is 3.26. The molecule has 0 aromatic heterocycles. The maximum absolute atomic E-state index is 11.5. The van der Waals surface area contributed by atoms with Gasteiger partial charge in [0, 0.05) is 9.82 Å². The summed E-state index contributed by atoms with van der Waals surface area (Å²) in [5.41, 5.74) is 1.08. The Bertz CT molecular complexity index is 348. The molecule has 1 rings (SSSR count). The van der Waals surface area contributed by atoms with Crippen LogP contribution in [0.15, 0.2) is 29.2 Å². The Morgan fingerprint density at radius 2 is 1.93 bits per heavy atom. The molecule has 0 saturated carbocycles. The Kier molecular flexibility index (Phi) is 3.76. The zero-order valence-electron chi connectivity index (χ0n) is 7.80. The molecule has 0 spiro atoms. The van der Waals surface area contributed by atoms with Gasteiger partial charge in [0.2, 0.25) is 6.54 Å². The molecule has 76 valence electrons. The van der Waals surface area contributed by atoms with Crippen molar-refractivity contribution < 1.29 is 9.13 Å². The molecule has 0 aliphatic rings. The highest BCUT2D eigenvalue weighted by Crippen LogP contribution is 2.07. The van der Waals surface area contributed by atoms with Crippen molar-refractivity contribution in [3.8, 4) is 0 Å². The Balaban J connectivity index is 2.61. The topological polar surface area (TPSA) is 60.2 Å². The summed E-state index contributed by atoms with van der Waals surface area (Å²) in [5.74, 6) is 0.0794. The first-order valence-electron chi connectivity index (χ1n) is 4.16. The molecule has 1 aromatic rings. The standard InChI is InChI=1S/C9H11NO3S/c1-8-2-4-9(5-3-8)14(13)7-6-10(11)12/h2-5H,6-7H2,1H3. The van der Waals surface area contributed by atoms with Gasteiger partial charge in [0.05, 0.1) is 16.6 Å². The summed E-state index contributed by atoms with van der Waals surface area (Å²) in [6.07, 6.45) is 0. The minimum atomic E-state index is -1.25. The van der Waals surface area contributed by atoms with Gasteiger partial charge in [-0.15, -0.1) is 0 Å². The molecule has 5 heteroatoms. The van der Waals surface area contributed by atoms with Gasteiger partial charge in [-0.2, -0.15) is 0 Å². The first-order chi connectivity index (χ1) is 6.59. The molecule has 0 aliphatic heterocycles. The number of nitrogens with zero attached hydrogens (tertiary/aromatic N) is 1. The normalized spacial score (nSPS) is 12.4. The van der Waals surface area contributed by atoms with Crippen LogP contribution in [0.25, 0.3) is 0 Å². The zero-order chi connectivity index (χ0) is 10.6. The van der Waals surface area contributed by atoms with E-state index in [1.165, 1.54) is 0 Å². The van der Waals surface area contributed by atoms with Crippen LogP contribution in [-0.2, 0) is 10.8 Å². The van der Waals surface area contributed by atoms with Crippen LogP contribution in [0, 0.1) is 17.0 Å². The zero-order valence-corrected chi connectivity index (χ0v) is 8.62. The van der Waals surface area contributed by atoms with Crippen LogP contribution in [0.3, 0.4) is 0 Å². The highest BCUT2D eigenvalue weighted by molar-refractivity contribution is 7.85. The summed E-state index contributed by atoms with van der Waals surface area (Å²) in [4.78, 5) is 10.3. The maximum Gasteiger partial charge on any atom is 0.215 e. The second kappa shape index (κ2) is 4.85. The van der Waals surface area contributed by atoms with Crippen LogP contribution in [0.4, 0.5) is 0 Å². The van der Waals surface area contributed by atoms with Gasteiger partial charge >= 0.3 is 0 Å². The van der Waals surface area contributed by atoms with Gasteiger partial charge in [-0.1, -0.05) is 17.7 Å². The van der Waals surface area contributed by atoms with E-state index in [1.807, 2.05) is 19.1 Å². The molecule has 1 atom stereocenters. The number of nitro groups is 1. The van der Waals surface area contributed by atoms with Crippen molar-refractivity contribution in [1.82, 2.24) is 0 Å². The second-order valence-electron chi connectivity index (χ2n) is 2.92. The summed E-state index contributed by atoms with van der Waals surface area (Å²) < 4.78 is 11.5. The molecular weight excluding hydrogens is 202 g/mol. The molecule has 0 N–H and O–H groups in total. The molecule has 0 amide bonds. The third-order valence-electron chi connectivity index (χ3n) is 1.74. The van der Waals surface area contributed by atoms with E-state index in [-0.39, 0.29) is 12.3 Å². The van der Waals surface area contributed by atoms with E-state index in [0.29, 0.717) is 4.90 Å². The first-order valence-corrected chi connectivity index (χ1v) is 5.48. The average molecular weight is 213 g/mol. The fraction of sp³-hybridized carbons (Fsp3) is 0.333. The van der Waals surface area contributed by atoms with Crippen molar-refractivity contribution in [2.75, 3.05) is 12.3 Å². The molecule has 1 aromatic carbocycles. The fourth-order valence-electron chi connectivity index (χ4n) is 0.965. The lowest BCUT2D eigenvalue weighted by Gasteiger charge is -1.99. The fourth-order valence-corrected chi connectivity index (χ4v) is 1.96. The van der Waals surface area contributed by atoms with Crippen molar-refractivity contribution in [3.63, 3.8) is 0 Å². The van der Waals surface area contributed by atoms with E-state index in [4.69, 9.17) is 0 Å². The van der Waals surface area contributed by atoms with Gasteiger partial charge in [0.15, 0.2) is 0 Å². The Morgan fingerprint density at radius 3 is 2.43 bits per heavy atom. The monoisotopic (exact) mass is 213 g/mol. The van der Waals surface area contributed by atoms with Crippen LogP contribution in [0.1, 0.15) is 5.56 Å². The number of hydrogen-bond acceptors (Lipinski definition) is 3. The van der Waals surface area contributed by atoms with Crippen LogP contribution in [0.2, 0.25) is 0 Å². The van der Waals surface area contributed by atoms with Crippen molar-refractivity contribution in [2.24, 2.45) is 0 Å². The smallest absolute Gasteiger partial charge is 0.215 e. The minimum absolute atomic E-state index is 0.0794. The highest BCUT2D eigenvalue weighted by atomic mass is 32.2. The number of rotatable bonds is 4. The van der Waals surface area contributed by atoms with E-state index >= 15 is 0 Å². The number of aryl methyl sites for hydroxylation is 1. The van der Waals surface area contributed by atoms with Gasteiger partial charge in [-0.05, 0) is 19.1 Å². The molecule has 4 nitrogen and oxygen atoms in total. The van der Waals surface area contributed by atoms with E-state index < -0.39 is 15.7 Å². The molecule has 1 unspecified atom stereocenters. The van der Waals surface area contributed by atoms with Crippen LogP contribution in [-0.4, -0.2) is 21.4 Å². The summed E-state index contributed by atoms with van der Waals surface area (Å²) >= 11 is 0. The van der Waals surface area contributed by atoms with Crippen LogP contribution >= 0.6 is 0 Å². The highest BCUT2D eigenvalue weighted by Gasteiger charge is 2.06. The first kappa shape index (κ1) is 10.8. The summed E-state index contributed by atoms with van der Waals surface area (Å²) in [6.45, 7) is 1.68. The van der Waals surface area contributed by atoms with E-state index in [1.54, 1.807) is 12.1 Å². The molecule has 0 aliphatic carbocycles. The van der Waals surface area contributed by atoms with E-state index in [2.05, 4.69) is 0 Å². The lowest BCUT2D eigenvalue weighted by atomic mass is 10.2. The van der Waals surface area contributed by atoms with Gasteiger partial charge in [0.1, 0.15) is 0 Å².